The number of methoxy groups -OCH3 is 1. The van der Waals surface area contributed by atoms with Gasteiger partial charge in [-0.25, -0.2) is 13.9 Å². The third-order valence-corrected chi connectivity index (χ3v) is 3.11. The molecule has 9 heteroatoms. The number of nitrogens with zero attached hydrogens (tertiary/aromatic N) is 3. The van der Waals surface area contributed by atoms with Crippen LogP contribution in [0.2, 0.25) is 0 Å². The monoisotopic (exact) mass is 322 g/mol. The van der Waals surface area contributed by atoms with Gasteiger partial charge in [-0.05, 0) is 19.1 Å². The Morgan fingerprint density at radius 3 is 2.83 bits per heavy atom. The third kappa shape index (κ3) is 3.82. The van der Waals surface area contributed by atoms with Gasteiger partial charge < -0.3 is 15.2 Å². The molecule has 2 rings (SSSR count). The van der Waals surface area contributed by atoms with E-state index < -0.39 is 23.7 Å². The summed E-state index contributed by atoms with van der Waals surface area (Å²) in [5.74, 6) is -1.87. The Kier molecular flexibility index (Phi) is 4.89. The summed E-state index contributed by atoms with van der Waals surface area (Å²) in [6.07, 6.45) is 1.14. The topological polar surface area (TPSA) is 106 Å². The summed E-state index contributed by atoms with van der Waals surface area (Å²) >= 11 is 0. The number of nitrogens with one attached hydrogen (secondary N) is 1. The van der Waals surface area contributed by atoms with E-state index in [0.717, 1.165) is 10.9 Å². The van der Waals surface area contributed by atoms with E-state index in [4.69, 9.17) is 9.84 Å². The maximum Gasteiger partial charge on any atom is 0.358 e. The fraction of sp³-hybridized carbons (Fsp3) is 0.286. The van der Waals surface area contributed by atoms with Crippen molar-refractivity contribution in [2.75, 3.05) is 7.11 Å². The van der Waals surface area contributed by atoms with Crippen LogP contribution in [0.25, 0.3) is 0 Å². The van der Waals surface area contributed by atoms with E-state index in [1.807, 2.05) is 0 Å². The summed E-state index contributed by atoms with van der Waals surface area (Å²) in [6.45, 7) is 1.38. The first-order chi connectivity index (χ1) is 10.9. The number of hydrogen-bond donors (Lipinski definition) is 2. The summed E-state index contributed by atoms with van der Waals surface area (Å²) in [6, 6.07) is 3.74. The number of rotatable bonds is 6. The van der Waals surface area contributed by atoms with Crippen molar-refractivity contribution in [1.29, 1.82) is 0 Å². The lowest BCUT2D eigenvalue weighted by Gasteiger charge is -2.17. The Bertz CT molecular complexity index is 731. The molecule has 0 aliphatic rings. The minimum Gasteiger partial charge on any atom is -0.496 e. The van der Waals surface area contributed by atoms with Crippen LogP contribution in [-0.4, -0.2) is 39.1 Å². The van der Waals surface area contributed by atoms with Crippen molar-refractivity contribution in [3.05, 3.63) is 41.5 Å². The van der Waals surface area contributed by atoms with Gasteiger partial charge in [-0.1, -0.05) is 11.3 Å². The van der Waals surface area contributed by atoms with E-state index >= 15 is 0 Å². The molecule has 8 nitrogen and oxygen atoms in total. The Labute approximate surface area is 130 Å². The molecule has 1 heterocycles. The predicted octanol–water partition coefficient (Wildman–Crippen LogP) is 1.00. The number of halogens is 1. The first kappa shape index (κ1) is 16.4. The molecule has 0 saturated heterocycles. The van der Waals surface area contributed by atoms with Crippen molar-refractivity contribution in [3.63, 3.8) is 0 Å². The van der Waals surface area contributed by atoms with Crippen molar-refractivity contribution >= 4 is 11.9 Å². The maximum absolute atomic E-state index is 13.9. The number of aromatic nitrogens is 3. The fourth-order valence-electron chi connectivity index (χ4n) is 2.10. The second kappa shape index (κ2) is 6.86. The Balaban J connectivity index is 2.06. The van der Waals surface area contributed by atoms with E-state index in [1.54, 1.807) is 13.0 Å². The highest BCUT2D eigenvalue weighted by atomic mass is 19.1. The van der Waals surface area contributed by atoms with Gasteiger partial charge in [0.2, 0.25) is 5.91 Å². The van der Waals surface area contributed by atoms with Gasteiger partial charge >= 0.3 is 5.97 Å². The molecule has 2 aromatic rings. The lowest BCUT2D eigenvalue weighted by atomic mass is 10.1. The van der Waals surface area contributed by atoms with Crippen molar-refractivity contribution < 1.29 is 23.8 Å². The average Bonchev–Trinajstić information content (AvgIpc) is 2.95. The molecule has 0 saturated carbocycles. The Morgan fingerprint density at radius 2 is 2.22 bits per heavy atom. The van der Waals surface area contributed by atoms with Crippen LogP contribution < -0.4 is 10.1 Å². The third-order valence-electron chi connectivity index (χ3n) is 3.11. The highest BCUT2D eigenvalue weighted by Crippen LogP contribution is 2.27. The molecule has 1 unspecified atom stereocenters. The van der Waals surface area contributed by atoms with Crippen LogP contribution in [0.15, 0.2) is 24.4 Å². The largest absolute Gasteiger partial charge is 0.496 e. The van der Waals surface area contributed by atoms with Crippen LogP contribution in [0.3, 0.4) is 0 Å². The van der Waals surface area contributed by atoms with E-state index in [0.29, 0.717) is 5.75 Å². The van der Waals surface area contributed by atoms with Gasteiger partial charge in [-0.2, -0.15) is 0 Å². The van der Waals surface area contributed by atoms with Crippen molar-refractivity contribution in [2.24, 2.45) is 0 Å². The summed E-state index contributed by atoms with van der Waals surface area (Å²) < 4.78 is 20.1. The number of carboxylic acids is 1. The quantitative estimate of drug-likeness (QED) is 0.822. The van der Waals surface area contributed by atoms with Crippen LogP contribution in [-0.2, 0) is 11.3 Å². The number of amides is 1. The van der Waals surface area contributed by atoms with Crippen molar-refractivity contribution in [2.45, 2.75) is 19.5 Å². The molecule has 0 aliphatic heterocycles. The van der Waals surface area contributed by atoms with Crippen LogP contribution in [0.4, 0.5) is 4.39 Å². The first-order valence-corrected chi connectivity index (χ1v) is 6.67. The minimum absolute atomic E-state index is 0.230. The second-order valence-corrected chi connectivity index (χ2v) is 4.75. The molecule has 2 N–H and O–H groups in total. The molecule has 0 aliphatic carbocycles. The molecule has 1 aromatic heterocycles. The number of hydrogen-bond acceptors (Lipinski definition) is 5. The second-order valence-electron chi connectivity index (χ2n) is 4.75. The number of aromatic carboxylic acids is 1. The lowest BCUT2D eigenvalue weighted by molar-refractivity contribution is -0.122. The normalized spacial score (nSPS) is 11.8. The molecule has 1 amide bonds. The summed E-state index contributed by atoms with van der Waals surface area (Å²) in [5, 5.41) is 18.3. The summed E-state index contributed by atoms with van der Waals surface area (Å²) in [4.78, 5) is 22.7. The molecule has 0 radical (unpaired) electrons. The molecule has 1 atom stereocenters. The maximum atomic E-state index is 13.9. The SMILES string of the molecule is COc1cccc(F)c1C(C)NC(=O)Cn1cc(C(=O)O)nn1. The molecule has 0 fully saturated rings. The van der Waals surface area contributed by atoms with E-state index in [-0.39, 0.29) is 17.8 Å². The number of carbonyl (C=O) groups excluding carboxylic acids is 1. The smallest absolute Gasteiger partial charge is 0.358 e. The number of benzene rings is 1. The molecular weight excluding hydrogens is 307 g/mol. The Hall–Kier alpha value is -2.97. The van der Waals surface area contributed by atoms with Gasteiger partial charge in [0.1, 0.15) is 18.1 Å². The zero-order chi connectivity index (χ0) is 17.0. The van der Waals surface area contributed by atoms with Gasteiger partial charge in [0.15, 0.2) is 5.69 Å². The Morgan fingerprint density at radius 1 is 1.48 bits per heavy atom. The van der Waals surface area contributed by atoms with Crippen molar-refractivity contribution in [1.82, 2.24) is 20.3 Å². The van der Waals surface area contributed by atoms with Gasteiger partial charge in [0.25, 0.3) is 0 Å². The van der Waals surface area contributed by atoms with Gasteiger partial charge in [0, 0.05) is 0 Å². The van der Waals surface area contributed by atoms with E-state index in [2.05, 4.69) is 15.6 Å². The predicted molar refractivity (Wildman–Crippen MR) is 76.5 cm³/mol. The zero-order valence-electron chi connectivity index (χ0n) is 12.5. The average molecular weight is 322 g/mol. The fourth-order valence-corrected chi connectivity index (χ4v) is 2.10. The summed E-state index contributed by atoms with van der Waals surface area (Å²) in [5.41, 5.74) is -0.0326. The molecule has 0 bridgehead atoms. The van der Waals surface area contributed by atoms with E-state index in [9.17, 15) is 14.0 Å². The highest BCUT2D eigenvalue weighted by Gasteiger charge is 2.19. The molecule has 122 valence electrons. The van der Waals surface area contributed by atoms with Crippen LogP contribution in [0.5, 0.6) is 5.75 Å². The number of carbonyl (C=O) groups is 2. The van der Waals surface area contributed by atoms with Crippen molar-refractivity contribution in [3.8, 4) is 5.75 Å². The van der Waals surface area contributed by atoms with Gasteiger partial charge in [0.05, 0.1) is 24.9 Å². The zero-order valence-corrected chi connectivity index (χ0v) is 12.5. The molecule has 1 aromatic carbocycles. The van der Waals surface area contributed by atoms with Crippen LogP contribution in [0.1, 0.15) is 29.0 Å². The first-order valence-electron chi connectivity index (χ1n) is 6.67. The van der Waals surface area contributed by atoms with Gasteiger partial charge in [-0.3, -0.25) is 4.79 Å². The van der Waals surface area contributed by atoms with Crippen LogP contribution >= 0.6 is 0 Å². The lowest BCUT2D eigenvalue weighted by Crippen LogP contribution is -2.31. The summed E-state index contributed by atoms with van der Waals surface area (Å²) in [7, 11) is 1.41. The standard InChI is InChI=1S/C14H15FN4O4/c1-8(13-9(15)4-3-5-11(13)23-2)16-12(20)7-19-6-10(14(21)22)17-18-19/h3-6,8H,7H2,1-2H3,(H,16,20)(H,21,22). The number of carboxylic acid groups (broad SMARTS) is 1. The van der Waals surface area contributed by atoms with Gasteiger partial charge in [-0.15, -0.1) is 5.10 Å². The molecule has 23 heavy (non-hydrogen) atoms. The van der Waals surface area contributed by atoms with E-state index in [1.165, 1.54) is 19.2 Å². The minimum atomic E-state index is -1.24. The highest BCUT2D eigenvalue weighted by molar-refractivity contribution is 5.84. The number of ether oxygens (including phenoxy) is 1. The molecule has 0 spiro atoms. The van der Waals surface area contributed by atoms with Crippen LogP contribution in [0, 0.1) is 5.82 Å². The molecular formula is C14H15FN4O4.